The van der Waals surface area contributed by atoms with Crippen LogP contribution in [0.25, 0.3) is 104 Å². The number of rotatable bonds is 6. The van der Waals surface area contributed by atoms with E-state index in [0.29, 0.717) is 17.5 Å². The first-order valence-electron chi connectivity index (χ1n) is 18.6. The predicted molar refractivity (Wildman–Crippen MR) is 232 cm³/mol. The second-order valence-corrected chi connectivity index (χ2v) is 15.0. The Morgan fingerprint density at radius 1 is 0.375 bits per heavy atom. The summed E-state index contributed by atoms with van der Waals surface area (Å²) in [7, 11) is 0. The van der Waals surface area contributed by atoms with Gasteiger partial charge in [-0.05, 0) is 35.2 Å². The van der Waals surface area contributed by atoms with E-state index in [1.165, 1.54) is 20.2 Å². The van der Waals surface area contributed by atoms with E-state index in [0.717, 1.165) is 66.6 Å². The number of aromatic nitrogens is 5. The van der Waals surface area contributed by atoms with Crippen molar-refractivity contribution in [3.63, 3.8) is 0 Å². The van der Waals surface area contributed by atoms with E-state index in [1.807, 2.05) is 24.3 Å². The van der Waals surface area contributed by atoms with Gasteiger partial charge in [-0.15, -0.1) is 11.3 Å². The average molecular weight is 734 g/mol. The molecule has 0 aliphatic rings. The fourth-order valence-electron chi connectivity index (χ4n) is 7.80. The molecule has 0 fully saturated rings. The largest absolute Gasteiger partial charge is 0.231 e. The van der Waals surface area contributed by atoms with Gasteiger partial charge < -0.3 is 0 Å². The van der Waals surface area contributed by atoms with Crippen molar-refractivity contribution >= 4 is 47.8 Å². The minimum absolute atomic E-state index is 0.611. The first-order valence-corrected chi connectivity index (χ1v) is 19.5. The zero-order valence-corrected chi connectivity index (χ0v) is 30.9. The van der Waals surface area contributed by atoms with Crippen LogP contribution in [0.2, 0.25) is 0 Å². The van der Waals surface area contributed by atoms with Gasteiger partial charge in [-0.1, -0.05) is 164 Å². The minimum Gasteiger partial charge on any atom is -0.231 e. The summed E-state index contributed by atoms with van der Waals surface area (Å²) in [6, 6.07) is 65.6. The molecule has 0 radical (unpaired) electrons. The van der Waals surface area contributed by atoms with Gasteiger partial charge in [0.15, 0.2) is 17.5 Å². The molecule has 56 heavy (non-hydrogen) atoms. The van der Waals surface area contributed by atoms with E-state index in [1.54, 1.807) is 11.3 Å². The molecule has 0 saturated carbocycles. The highest BCUT2D eigenvalue weighted by Gasteiger charge is 2.22. The minimum atomic E-state index is 0.611. The number of benzene rings is 7. The normalized spacial score (nSPS) is 11.6. The lowest BCUT2D eigenvalue weighted by Gasteiger charge is -2.12. The number of fused-ring (bicyclic) bond motifs is 6. The Labute approximate surface area is 326 Å². The molecule has 0 bridgehead atoms. The third-order valence-electron chi connectivity index (χ3n) is 10.5. The molecule has 5 nitrogen and oxygen atoms in total. The first-order chi connectivity index (χ1) is 27.7. The van der Waals surface area contributed by atoms with Crippen LogP contribution in [0.4, 0.5) is 0 Å². The van der Waals surface area contributed by atoms with Gasteiger partial charge in [0, 0.05) is 58.9 Å². The van der Waals surface area contributed by atoms with Crippen molar-refractivity contribution in [2.24, 2.45) is 0 Å². The van der Waals surface area contributed by atoms with Crippen LogP contribution < -0.4 is 0 Å². The Morgan fingerprint density at radius 3 is 1.68 bits per heavy atom. The van der Waals surface area contributed by atoms with Gasteiger partial charge >= 0.3 is 0 Å². The molecule has 0 atom stereocenters. The lowest BCUT2D eigenvalue weighted by molar-refractivity contribution is 0.979. The molecule has 0 spiro atoms. The molecule has 0 aliphatic heterocycles. The van der Waals surface area contributed by atoms with Gasteiger partial charge in [0.2, 0.25) is 0 Å². The summed E-state index contributed by atoms with van der Waals surface area (Å²) < 4.78 is 4.60. The van der Waals surface area contributed by atoms with E-state index >= 15 is 0 Å². The molecule has 6 heteroatoms. The molecule has 0 aliphatic carbocycles. The number of pyridine rings is 1. The Balaban J connectivity index is 1.14. The van der Waals surface area contributed by atoms with Crippen LogP contribution in [0.15, 0.2) is 188 Å². The van der Waals surface area contributed by atoms with Crippen LogP contribution in [0.5, 0.6) is 0 Å². The van der Waals surface area contributed by atoms with Crippen LogP contribution in [-0.2, 0) is 0 Å². The third-order valence-corrected chi connectivity index (χ3v) is 11.6. The van der Waals surface area contributed by atoms with Crippen LogP contribution in [0.3, 0.4) is 0 Å². The van der Waals surface area contributed by atoms with Crippen molar-refractivity contribution in [2.75, 3.05) is 0 Å². The highest BCUT2D eigenvalue weighted by atomic mass is 32.1. The molecule has 0 amide bonds. The van der Waals surface area contributed by atoms with E-state index in [4.69, 9.17) is 20.1 Å². The van der Waals surface area contributed by atoms with Crippen LogP contribution in [-0.4, -0.2) is 24.6 Å². The summed E-state index contributed by atoms with van der Waals surface area (Å²) in [4.78, 5) is 15.4. The van der Waals surface area contributed by atoms with Crippen molar-refractivity contribution < 1.29 is 0 Å². The van der Waals surface area contributed by atoms with Crippen molar-refractivity contribution in [1.82, 2.24) is 24.6 Å². The molecular weight excluding hydrogens is 703 g/mol. The fourth-order valence-corrected chi connectivity index (χ4v) is 8.95. The zero-order valence-electron chi connectivity index (χ0n) is 30.0. The lowest BCUT2D eigenvalue weighted by atomic mass is 9.95. The summed E-state index contributed by atoms with van der Waals surface area (Å²) >= 11 is 1.79. The SMILES string of the molecule is c1ccc(-c2nc(-c3cccc(-c4c(-c5ccccc5)nn5c(-c6ccccc6)cc6ccccc6c45)c3)nc(-c3ccc4c(c3)sc3ccccc34)n2)cc1. The molecule has 0 saturated heterocycles. The molecule has 11 aromatic rings. The highest BCUT2D eigenvalue weighted by Crippen LogP contribution is 2.42. The van der Waals surface area contributed by atoms with Crippen molar-refractivity contribution in [3.8, 4) is 67.8 Å². The first kappa shape index (κ1) is 32.2. The Hall–Kier alpha value is -7.28. The second kappa shape index (κ2) is 13.2. The predicted octanol–water partition coefficient (Wildman–Crippen LogP) is 13.0. The van der Waals surface area contributed by atoms with Crippen LogP contribution in [0.1, 0.15) is 0 Å². The molecule has 0 N–H and O–H groups in total. The molecule has 0 unspecified atom stereocenters. The molecule has 4 heterocycles. The van der Waals surface area contributed by atoms with Crippen molar-refractivity contribution in [3.05, 3.63) is 188 Å². The average Bonchev–Trinajstić information content (AvgIpc) is 3.86. The Kier molecular flexibility index (Phi) is 7.60. The number of hydrogen-bond acceptors (Lipinski definition) is 5. The summed E-state index contributed by atoms with van der Waals surface area (Å²) in [6.07, 6.45) is 0. The third kappa shape index (κ3) is 5.46. The molecule has 262 valence electrons. The summed E-state index contributed by atoms with van der Waals surface area (Å²) in [6.45, 7) is 0. The molecule has 7 aromatic carbocycles. The fraction of sp³-hybridized carbons (Fsp3) is 0. The number of thiophene rings is 1. The maximum absolute atomic E-state index is 5.41. The van der Waals surface area contributed by atoms with Gasteiger partial charge in [0.1, 0.15) is 5.69 Å². The van der Waals surface area contributed by atoms with Crippen LogP contribution >= 0.6 is 11.3 Å². The monoisotopic (exact) mass is 733 g/mol. The van der Waals surface area contributed by atoms with Crippen LogP contribution in [0, 0.1) is 0 Å². The van der Waals surface area contributed by atoms with Crippen molar-refractivity contribution in [2.45, 2.75) is 0 Å². The molecular formula is C50H31N5S. The van der Waals surface area contributed by atoms with E-state index in [2.05, 4.69) is 168 Å². The van der Waals surface area contributed by atoms with Gasteiger partial charge in [-0.3, -0.25) is 0 Å². The maximum Gasteiger partial charge on any atom is 0.164 e. The smallest absolute Gasteiger partial charge is 0.164 e. The van der Waals surface area contributed by atoms with Gasteiger partial charge in [0.05, 0.1) is 11.2 Å². The summed E-state index contributed by atoms with van der Waals surface area (Å²) in [5, 5.41) is 10.2. The topological polar surface area (TPSA) is 56.0 Å². The lowest BCUT2D eigenvalue weighted by Crippen LogP contribution is -2.00. The summed E-state index contributed by atoms with van der Waals surface area (Å²) in [5.74, 6) is 1.88. The van der Waals surface area contributed by atoms with E-state index in [-0.39, 0.29) is 0 Å². The zero-order chi connectivity index (χ0) is 37.0. The van der Waals surface area contributed by atoms with E-state index in [9.17, 15) is 0 Å². The maximum atomic E-state index is 5.41. The van der Waals surface area contributed by atoms with Gasteiger partial charge in [0.25, 0.3) is 0 Å². The second-order valence-electron chi connectivity index (χ2n) is 13.9. The Bertz CT molecular complexity index is 3240. The van der Waals surface area contributed by atoms with Gasteiger partial charge in [-0.2, -0.15) is 5.10 Å². The molecule has 11 rings (SSSR count). The van der Waals surface area contributed by atoms with Crippen molar-refractivity contribution in [1.29, 1.82) is 0 Å². The molecule has 4 aromatic heterocycles. The summed E-state index contributed by atoms with van der Waals surface area (Å²) in [5.41, 5.74) is 10.0. The van der Waals surface area contributed by atoms with E-state index < -0.39 is 0 Å². The number of nitrogens with zero attached hydrogens (tertiary/aromatic N) is 5. The Morgan fingerprint density at radius 2 is 0.929 bits per heavy atom. The highest BCUT2D eigenvalue weighted by molar-refractivity contribution is 7.25. The number of hydrogen-bond donors (Lipinski definition) is 0. The standard InChI is InChI=1S/C50H31N5S/c1-4-15-32(16-5-1)42-30-35-21-10-11-24-39(35)47-45(46(54-55(42)47)33-17-6-2-7-18-33)36-22-14-23-37(29-36)49-51-48(34-19-8-3-9-20-34)52-50(53-49)38-27-28-41-40-25-12-13-26-43(40)56-44(41)31-38/h1-31H. The quantitative estimate of drug-likeness (QED) is 0.171. The van der Waals surface area contributed by atoms with Gasteiger partial charge in [-0.25, -0.2) is 19.5 Å².